The van der Waals surface area contributed by atoms with Crippen molar-refractivity contribution in [2.45, 2.75) is 6.92 Å². The average molecular weight is 204 g/mol. The van der Waals surface area contributed by atoms with E-state index in [2.05, 4.69) is 4.98 Å². The van der Waals surface area contributed by atoms with Crippen LogP contribution >= 0.6 is 0 Å². The Morgan fingerprint density at radius 1 is 1.27 bits per heavy atom. The average Bonchev–Trinajstić information content (AvgIpc) is 2.19. The van der Waals surface area contributed by atoms with Crippen molar-refractivity contribution in [3.8, 4) is 0 Å². The van der Waals surface area contributed by atoms with Gasteiger partial charge < -0.3 is 4.98 Å². The highest BCUT2D eigenvalue weighted by Crippen LogP contribution is 2.06. The van der Waals surface area contributed by atoms with Crippen LogP contribution in [0.1, 0.15) is 11.7 Å². The van der Waals surface area contributed by atoms with Crippen molar-refractivity contribution in [1.82, 2.24) is 9.55 Å². The van der Waals surface area contributed by atoms with E-state index in [0.717, 1.165) is 4.57 Å². The molecule has 0 aliphatic rings. The molecule has 0 bridgehead atoms. The molecule has 0 aliphatic carbocycles. The molecule has 5 heteroatoms. The number of para-hydroxylation sites is 2. The molecule has 1 heterocycles. The lowest BCUT2D eigenvalue weighted by Crippen LogP contribution is -2.38. The molecule has 0 spiro atoms. The number of nitrogens with one attached hydrogen (secondary N) is 1. The van der Waals surface area contributed by atoms with Crippen LogP contribution in [0.25, 0.3) is 11.0 Å². The number of aromatic amines is 1. The molecule has 2 rings (SSSR count). The van der Waals surface area contributed by atoms with E-state index in [1.807, 2.05) is 0 Å². The fourth-order valence-electron chi connectivity index (χ4n) is 1.47. The van der Waals surface area contributed by atoms with Gasteiger partial charge >= 0.3 is 11.1 Å². The zero-order chi connectivity index (χ0) is 11.0. The van der Waals surface area contributed by atoms with Gasteiger partial charge in [0, 0.05) is 6.92 Å². The molecular weight excluding hydrogens is 196 g/mol. The summed E-state index contributed by atoms with van der Waals surface area (Å²) in [4.78, 5) is 36.3. The first-order valence-electron chi connectivity index (χ1n) is 4.36. The first kappa shape index (κ1) is 9.39. The third-order valence-electron chi connectivity index (χ3n) is 2.11. The molecule has 0 atom stereocenters. The van der Waals surface area contributed by atoms with Crippen molar-refractivity contribution in [3.05, 3.63) is 45.0 Å². The number of H-pyrrole nitrogens is 1. The number of hydrogen-bond donors (Lipinski definition) is 1. The maximum absolute atomic E-state index is 11.4. The second-order valence-electron chi connectivity index (χ2n) is 3.13. The summed E-state index contributed by atoms with van der Waals surface area (Å²) in [5.74, 6) is -0.470. The number of carbonyl (C=O) groups is 1. The van der Waals surface area contributed by atoms with Crippen molar-refractivity contribution in [1.29, 1.82) is 0 Å². The zero-order valence-corrected chi connectivity index (χ0v) is 7.98. The van der Waals surface area contributed by atoms with E-state index in [1.165, 1.54) is 6.92 Å². The van der Waals surface area contributed by atoms with Crippen LogP contribution in [0.3, 0.4) is 0 Å². The normalized spacial score (nSPS) is 10.5. The van der Waals surface area contributed by atoms with Gasteiger partial charge in [-0.3, -0.25) is 14.4 Å². The number of nitrogens with zero attached hydrogens (tertiary/aromatic N) is 1. The van der Waals surface area contributed by atoms with Crippen LogP contribution < -0.4 is 11.1 Å². The minimum absolute atomic E-state index is 0.412. The molecule has 0 aliphatic heterocycles. The fourth-order valence-corrected chi connectivity index (χ4v) is 1.47. The van der Waals surface area contributed by atoms with Crippen LogP contribution in [0, 0.1) is 0 Å². The predicted molar refractivity (Wildman–Crippen MR) is 55.1 cm³/mol. The summed E-state index contributed by atoms with van der Waals surface area (Å²) >= 11 is 0. The third kappa shape index (κ3) is 1.38. The van der Waals surface area contributed by atoms with E-state index in [4.69, 9.17) is 0 Å². The Morgan fingerprint density at radius 2 is 1.93 bits per heavy atom. The van der Waals surface area contributed by atoms with Crippen LogP contribution in [-0.2, 0) is 0 Å². The van der Waals surface area contributed by atoms with Gasteiger partial charge in [-0.1, -0.05) is 12.1 Å². The van der Waals surface area contributed by atoms with Crippen LogP contribution in [-0.4, -0.2) is 15.5 Å². The molecule has 5 nitrogen and oxygen atoms in total. The lowest BCUT2D eigenvalue weighted by molar-refractivity contribution is 0.0937. The maximum atomic E-state index is 11.4. The molecule has 0 saturated carbocycles. The van der Waals surface area contributed by atoms with Gasteiger partial charge in [-0.25, -0.2) is 4.57 Å². The van der Waals surface area contributed by atoms with Crippen molar-refractivity contribution < 1.29 is 4.79 Å². The topological polar surface area (TPSA) is 71.9 Å². The fraction of sp³-hybridized carbons (Fsp3) is 0.100. The van der Waals surface area contributed by atoms with E-state index in [1.54, 1.807) is 24.3 Å². The third-order valence-corrected chi connectivity index (χ3v) is 2.11. The summed E-state index contributed by atoms with van der Waals surface area (Å²) in [5, 5.41) is 0. The zero-order valence-electron chi connectivity index (χ0n) is 7.98. The van der Waals surface area contributed by atoms with Crippen LogP contribution in [0.15, 0.2) is 33.9 Å². The molecule has 0 radical (unpaired) electrons. The molecule has 76 valence electrons. The lowest BCUT2D eigenvalue weighted by Gasteiger charge is -2.04. The number of benzene rings is 1. The molecule has 0 fully saturated rings. The number of hydrogen-bond acceptors (Lipinski definition) is 3. The van der Waals surface area contributed by atoms with E-state index in [-0.39, 0.29) is 0 Å². The standard InChI is InChI=1S/C10H8N2O3/c1-6(13)12-8-5-3-2-4-7(8)11-9(14)10(12)15/h2-5H,1H3,(H,11,14). The molecule has 2 aromatic rings. The first-order chi connectivity index (χ1) is 7.11. The molecule has 1 aromatic heterocycles. The van der Waals surface area contributed by atoms with E-state index >= 15 is 0 Å². The van der Waals surface area contributed by atoms with Crippen molar-refractivity contribution in [2.75, 3.05) is 0 Å². The summed E-state index contributed by atoms with van der Waals surface area (Å²) in [5.41, 5.74) is -0.753. The summed E-state index contributed by atoms with van der Waals surface area (Å²) in [6.45, 7) is 1.24. The Balaban J connectivity index is 3.09. The highest BCUT2D eigenvalue weighted by Gasteiger charge is 2.09. The Morgan fingerprint density at radius 3 is 2.60 bits per heavy atom. The van der Waals surface area contributed by atoms with Gasteiger partial charge in [0.15, 0.2) is 0 Å². The lowest BCUT2D eigenvalue weighted by atomic mass is 10.3. The van der Waals surface area contributed by atoms with Gasteiger partial charge in [0.25, 0.3) is 0 Å². The molecule has 15 heavy (non-hydrogen) atoms. The number of fused-ring (bicyclic) bond motifs is 1. The second-order valence-corrected chi connectivity index (χ2v) is 3.13. The number of carbonyl (C=O) groups excluding carboxylic acids is 1. The number of rotatable bonds is 0. The van der Waals surface area contributed by atoms with Crippen LogP contribution in [0.4, 0.5) is 0 Å². The molecule has 1 N–H and O–H groups in total. The summed E-state index contributed by atoms with van der Waals surface area (Å²) in [6.07, 6.45) is 0. The predicted octanol–water partition coefficient (Wildman–Crippen LogP) is 0.350. The van der Waals surface area contributed by atoms with Gasteiger partial charge in [0.05, 0.1) is 11.0 Å². The summed E-state index contributed by atoms with van der Waals surface area (Å²) < 4.78 is 0.869. The maximum Gasteiger partial charge on any atom is 0.323 e. The molecule has 0 saturated heterocycles. The summed E-state index contributed by atoms with van der Waals surface area (Å²) in [7, 11) is 0. The van der Waals surface area contributed by atoms with Gasteiger partial charge in [-0.05, 0) is 12.1 Å². The quantitative estimate of drug-likeness (QED) is 0.629. The van der Waals surface area contributed by atoms with E-state index in [0.29, 0.717) is 11.0 Å². The van der Waals surface area contributed by atoms with Gasteiger partial charge in [-0.15, -0.1) is 0 Å². The minimum atomic E-state index is -0.846. The Hall–Kier alpha value is -2.17. The van der Waals surface area contributed by atoms with E-state index in [9.17, 15) is 14.4 Å². The highest BCUT2D eigenvalue weighted by molar-refractivity contribution is 5.87. The molecule has 0 amide bonds. The van der Waals surface area contributed by atoms with Gasteiger partial charge in [-0.2, -0.15) is 0 Å². The Labute approximate surface area is 84.0 Å². The monoisotopic (exact) mass is 204 g/mol. The second kappa shape index (κ2) is 3.20. The Bertz CT molecular complexity index is 652. The van der Waals surface area contributed by atoms with E-state index < -0.39 is 17.0 Å². The highest BCUT2D eigenvalue weighted by atomic mass is 16.2. The summed E-state index contributed by atoms with van der Waals surface area (Å²) in [6, 6.07) is 6.65. The van der Waals surface area contributed by atoms with Crippen molar-refractivity contribution >= 4 is 16.9 Å². The largest absolute Gasteiger partial charge is 0.323 e. The van der Waals surface area contributed by atoms with Crippen LogP contribution in [0.2, 0.25) is 0 Å². The van der Waals surface area contributed by atoms with Gasteiger partial charge in [0.1, 0.15) is 0 Å². The smallest absolute Gasteiger partial charge is 0.316 e. The minimum Gasteiger partial charge on any atom is -0.316 e. The molecule has 0 unspecified atom stereocenters. The first-order valence-corrected chi connectivity index (χ1v) is 4.36. The number of aromatic nitrogens is 2. The van der Waals surface area contributed by atoms with Crippen molar-refractivity contribution in [3.63, 3.8) is 0 Å². The van der Waals surface area contributed by atoms with Crippen LogP contribution in [0.5, 0.6) is 0 Å². The van der Waals surface area contributed by atoms with Crippen molar-refractivity contribution in [2.24, 2.45) is 0 Å². The van der Waals surface area contributed by atoms with Gasteiger partial charge in [0.2, 0.25) is 5.91 Å². The Kier molecular flexibility index (Phi) is 2.00. The SMILES string of the molecule is CC(=O)n1c(=O)c(=O)[nH]c2ccccc21. The molecule has 1 aromatic carbocycles. The molecular formula is C10H8N2O3.